The lowest BCUT2D eigenvalue weighted by Crippen LogP contribution is -2.45. The largest absolute Gasteiger partial charge is 0.334 e. The van der Waals surface area contributed by atoms with Crippen molar-refractivity contribution in [3.05, 3.63) is 41.7 Å². The minimum atomic E-state index is -0.211. The molecule has 124 valence electrons. The fraction of sp³-hybridized carbons (Fsp3) is 0.529. The summed E-state index contributed by atoms with van der Waals surface area (Å²) >= 11 is 0. The van der Waals surface area contributed by atoms with Gasteiger partial charge in [0.25, 0.3) is 0 Å². The summed E-state index contributed by atoms with van der Waals surface area (Å²) in [7, 11) is 0. The van der Waals surface area contributed by atoms with Crippen molar-refractivity contribution in [3.8, 4) is 0 Å². The molecule has 0 radical (unpaired) electrons. The van der Waals surface area contributed by atoms with Crippen molar-refractivity contribution in [1.82, 2.24) is 25.1 Å². The lowest BCUT2D eigenvalue weighted by Gasteiger charge is -2.36. The van der Waals surface area contributed by atoms with E-state index in [0.29, 0.717) is 19.5 Å². The van der Waals surface area contributed by atoms with Crippen LogP contribution in [0.5, 0.6) is 0 Å². The third-order valence-corrected chi connectivity index (χ3v) is 3.77. The number of amides is 1. The number of aryl methyl sites for hydroxylation is 2. The summed E-state index contributed by atoms with van der Waals surface area (Å²) in [5.41, 5.74) is 0.935. The molecular formula is C17H25N5O. The summed E-state index contributed by atoms with van der Waals surface area (Å²) in [6.07, 6.45) is 1.22. The minimum absolute atomic E-state index is 0.159. The normalized spacial score (nSPS) is 11.5. The third kappa shape index (κ3) is 4.87. The molecule has 0 fully saturated rings. The quantitative estimate of drug-likeness (QED) is 0.822. The number of aromatic nitrogens is 4. The topological polar surface area (TPSA) is 63.9 Å². The van der Waals surface area contributed by atoms with E-state index in [2.05, 4.69) is 48.4 Å². The molecule has 1 amide bonds. The van der Waals surface area contributed by atoms with E-state index in [9.17, 15) is 4.79 Å². The van der Waals surface area contributed by atoms with Gasteiger partial charge in [-0.05, 0) is 50.1 Å². The molecule has 1 heterocycles. The Labute approximate surface area is 137 Å². The van der Waals surface area contributed by atoms with Gasteiger partial charge in [-0.25, -0.2) is 4.68 Å². The van der Waals surface area contributed by atoms with Gasteiger partial charge >= 0.3 is 0 Å². The molecule has 2 rings (SSSR count). The molecule has 0 saturated heterocycles. The molecule has 6 heteroatoms. The lowest BCUT2D eigenvalue weighted by atomic mass is 10.0. The Bertz CT molecular complexity index is 630. The van der Waals surface area contributed by atoms with E-state index in [1.807, 2.05) is 30.0 Å². The van der Waals surface area contributed by atoms with Gasteiger partial charge in [0.15, 0.2) is 0 Å². The highest BCUT2D eigenvalue weighted by Crippen LogP contribution is 2.19. The molecule has 0 aliphatic rings. The predicted octanol–water partition coefficient (Wildman–Crippen LogP) is 2.59. The summed E-state index contributed by atoms with van der Waals surface area (Å²) in [6.45, 7) is 9.36. The first-order valence-electron chi connectivity index (χ1n) is 7.95. The van der Waals surface area contributed by atoms with Crippen molar-refractivity contribution >= 4 is 5.91 Å². The Kier molecular flexibility index (Phi) is 5.47. The molecule has 0 aliphatic heterocycles. The fourth-order valence-corrected chi connectivity index (χ4v) is 2.44. The maximum absolute atomic E-state index is 12.7. The van der Waals surface area contributed by atoms with Crippen molar-refractivity contribution < 1.29 is 4.79 Å². The minimum Gasteiger partial charge on any atom is -0.334 e. The molecular weight excluding hydrogens is 290 g/mol. The van der Waals surface area contributed by atoms with Crippen molar-refractivity contribution in [2.24, 2.45) is 0 Å². The van der Waals surface area contributed by atoms with Crippen LogP contribution in [0, 0.1) is 6.92 Å². The molecule has 1 aromatic carbocycles. The highest BCUT2D eigenvalue weighted by Gasteiger charge is 2.26. The molecule has 0 aliphatic carbocycles. The van der Waals surface area contributed by atoms with Gasteiger partial charge in [-0.1, -0.05) is 30.3 Å². The number of tetrazole rings is 1. The number of nitrogens with zero attached hydrogens (tertiary/aromatic N) is 5. The van der Waals surface area contributed by atoms with Crippen LogP contribution in [0.1, 0.15) is 45.0 Å². The van der Waals surface area contributed by atoms with Crippen LogP contribution in [0.15, 0.2) is 30.3 Å². The van der Waals surface area contributed by atoms with Gasteiger partial charge in [0, 0.05) is 25.0 Å². The van der Waals surface area contributed by atoms with E-state index >= 15 is 0 Å². The van der Waals surface area contributed by atoms with Gasteiger partial charge in [0.2, 0.25) is 5.91 Å². The SMILES string of the molecule is Cc1nnnn1CCCC(=O)N(Cc1ccccc1)C(C)(C)C. The number of carbonyl (C=O) groups is 1. The number of rotatable bonds is 6. The first-order valence-corrected chi connectivity index (χ1v) is 7.95. The molecule has 6 nitrogen and oxygen atoms in total. The second-order valence-corrected chi connectivity index (χ2v) is 6.69. The second kappa shape index (κ2) is 7.35. The first kappa shape index (κ1) is 17.1. The van der Waals surface area contributed by atoms with Crippen LogP contribution >= 0.6 is 0 Å². The molecule has 0 spiro atoms. The van der Waals surface area contributed by atoms with Crippen LogP contribution in [0.2, 0.25) is 0 Å². The van der Waals surface area contributed by atoms with Crippen molar-refractivity contribution in [2.45, 2.75) is 59.2 Å². The van der Waals surface area contributed by atoms with Crippen LogP contribution in [0.25, 0.3) is 0 Å². The van der Waals surface area contributed by atoms with Crippen LogP contribution in [-0.4, -0.2) is 36.6 Å². The van der Waals surface area contributed by atoms with Gasteiger partial charge in [0.05, 0.1) is 0 Å². The first-order chi connectivity index (χ1) is 10.9. The Morgan fingerprint density at radius 2 is 1.91 bits per heavy atom. The average Bonchev–Trinajstić information content (AvgIpc) is 2.90. The van der Waals surface area contributed by atoms with Gasteiger partial charge < -0.3 is 4.90 Å². The number of benzene rings is 1. The highest BCUT2D eigenvalue weighted by molar-refractivity contribution is 5.76. The average molecular weight is 315 g/mol. The van der Waals surface area contributed by atoms with E-state index in [0.717, 1.165) is 17.8 Å². The van der Waals surface area contributed by atoms with Crippen LogP contribution in [0.4, 0.5) is 0 Å². The summed E-state index contributed by atoms with van der Waals surface area (Å²) in [6, 6.07) is 10.1. The zero-order valence-corrected chi connectivity index (χ0v) is 14.4. The van der Waals surface area contributed by atoms with Crippen LogP contribution < -0.4 is 0 Å². The molecule has 0 unspecified atom stereocenters. The monoisotopic (exact) mass is 315 g/mol. The summed E-state index contributed by atoms with van der Waals surface area (Å²) < 4.78 is 1.73. The van der Waals surface area contributed by atoms with E-state index in [-0.39, 0.29) is 11.4 Å². The van der Waals surface area contributed by atoms with Crippen molar-refractivity contribution in [3.63, 3.8) is 0 Å². The van der Waals surface area contributed by atoms with Crippen molar-refractivity contribution in [1.29, 1.82) is 0 Å². The summed E-state index contributed by atoms with van der Waals surface area (Å²) in [5.74, 6) is 0.932. The molecule has 0 saturated carbocycles. The molecule has 1 aromatic heterocycles. The predicted molar refractivity (Wildman–Crippen MR) is 88.5 cm³/mol. The van der Waals surface area contributed by atoms with Gasteiger partial charge in [-0.15, -0.1) is 5.10 Å². The Hall–Kier alpha value is -2.24. The Morgan fingerprint density at radius 1 is 1.22 bits per heavy atom. The van der Waals surface area contributed by atoms with E-state index in [4.69, 9.17) is 0 Å². The van der Waals surface area contributed by atoms with Crippen LogP contribution in [-0.2, 0) is 17.9 Å². The Morgan fingerprint density at radius 3 is 2.48 bits per heavy atom. The Balaban J connectivity index is 1.96. The summed E-state index contributed by atoms with van der Waals surface area (Å²) in [5, 5.41) is 11.4. The maximum Gasteiger partial charge on any atom is 0.223 e. The van der Waals surface area contributed by atoms with Crippen molar-refractivity contribution in [2.75, 3.05) is 0 Å². The molecule has 0 N–H and O–H groups in total. The van der Waals surface area contributed by atoms with E-state index in [1.165, 1.54) is 0 Å². The second-order valence-electron chi connectivity index (χ2n) is 6.69. The number of hydrogen-bond donors (Lipinski definition) is 0. The molecule has 0 atom stereocenters. The molecule has 2 aromatic rings. The van der Waals surface area contributed by atoms with Gasteiger partial charge in [-0.2, -0.15) is 0 Å². The van der Waals surface area contributed by atoms with Crippen LogP contribution in [0.3, 0.4) is 0 Å². The number of carbonyl (C=O) groups excluding carboxylic acids is 1. The highest BCUT2D eigenvalue weighted by atomic mass is 16.2. The fourth-order valence-electron chi connectivity index (χ4n) is 2.44. The summed E-state index contributed by atoms with van der Waals surface area (Å²) in [4.78, 5) is 14.6. The zero-order chi connectivity index (χ0) is 16.9. The van der Waals surface area contributed by atoms with E-state index in [1.54, 1.807) is 4.68 Å². The molecule has 23 heavy (non-hydrogen) atoms. The number of hydrogen-bond acceptors (Lipinski definition) is 4. The van der Waals surface area contributed by atoms with Gasteiger partial charge in [-0.3, -0.25) is 4.79 Å². The van der Waals surface area contributed by atoms with E-state index < -0.39 is 0 Å². The zero-order valence-electron chi connectivity index (χ0n) is 14.4. The lowest BCUT2D eigenvalue weighted by molar-refractivity contribution is -0.137. The smallest absolute Gasteiger partial charge is 0.223 e. The van der Waals surface area contributed by atoms with Gasteiger partial charge in [0.1, 0.15) is 5.82 Å². The molecule has 0 bridgehead atoms. The third-order valence-electron chi connectivity index (χ3n) is 3.77. The standard InChI is InChI=1S/C17H25N5O/c1-14-18-19-20-22(14)12-8-11-16(23)21(17(2,3)4)13-15-9-6-5-7-10-15/h5-7,9-10H,8,11-13H2,1-4H3. The maximum atomic E-state index is 12.7.